The molecule has 0 fully saturated rings. The van der Waals surface area contributed by atoms with Crippen LogP contribution in [0.1, 0.15) is 149 Å². The van der Waals surface area contributed by atoms with Crippen molar-refractivity contribution in [2.75, 3.05) is 6.61 Å². The van der Waals surface area contributed by atoms with Gasteiger partial charge < -0.3 is 15.3 Å². The number of ketones is 2. The van der Waals surface area contributed by atoms with Crippen molar-refractivity contribution in [3.05, 3.63) is 0 Å². The number of aliphatic hydroxyl groups excluding tert-OH is 2. The van der Waals surface area contributed by atoms with Gasteiger partial charge in [0.15, 0.2) is 11.1 Å². The maximum absolute atomic E-state index is 13.0. The number of carbonyl (C=O) groups is 2. The predicted octanol–water partition coefficient (Wildman–Crippen LogP) is 6.89. The number of unbranched alkanes of at least 4 members (excludes halogenated alkanes) is 17. The van der Waals surface area contributed by atoms with E-state index in [1.165, 1.54) is 83.5 Å². The molecule has 0 bridgehead atoms. The van der Waals surface area contributed by atoms with Crippen LogP contribution in [0.15, 0.2) is 0 Å². The molecule has 6 heteroatoms. The van der Waals surface area contributed by atoms with Crippen LogP contribution >= 0.6 is 9.24 Å². The van der Waals surface area contributed by atoms with Gasteiger partial charge in [-0.15, -0.1) is 0 Å². The minimum absolute atomic E-state index is 0.139. The van der Waals surface area contributed by atoms with Crippen LogP contribution < -0.4 is 0 Å². The van der Waals surface area contributed by atoms with Crippen molar-refractivity contribution in [1.29, 1.82) is 0 Å². The van der Waals surface area contributed by atoms with E-state index in [1.54, 1.807) is 0 Å². The molecule has 0 amide bonds. The molecule has 0 aliphatic carbocycles. The number of rotatable bonds is 26. The third-order valence-electron chi connectivity index (χ3n) is 7.15. The largest absolute Gasteiger partial charge is 0.394 e. The van der Waals surface area contributed by atoms with Crippen molar-refractivity contribution in [3.8, 4) is 0 Å². The second-order valence-electron chi connectivity index (χ2n) is 10.5. The van der Waals surface area contributed by atoms with E-state index in [9.17, 15) is 24.9 Å². The molecule has 4 unspecified atom stereocenters. The minimum Gasteiger partial charge on any atom is -0.394 e. The van der Waals surface area contributed by atoms with Crippen molar-refractivity contribution in [2.45, 2.75) is 160 Å². The Labute approximate surface area is 218 Å². The third-order valence-corrected chi connectivity index (χ3v) is 7.82. The van der Waals surface area contributed by atoms with E-state index in [2.05, 4.69) is 13.8 Å². The van der Waals surface area contributed by atoms with E-state index >= 15 is 0 Å². The highest BCUT2D eigenvalue weighted by atomic mass is 31.0. The van der Waals surface area contributed by atoms with Crippen LogP contribution in [0.4, 0.5) is 0 Å². The van der Waals surface area contributed by atoms with Crippen LogP contribution in [0.2, 0.25) is 0 Å². The third kappa shape index (κ3) is 16.9. The summed E-state index contributed by atoms with van der Waals surface area (Å²) in [6, 6.07) is 0. The quantitative estimate of drug-likeness (QED) is 0.0661. The zero-order chi connectivity index (χ0) is 26.4. The summed E-state index contributed by atoms with van der Waals surface area (Å²) in [4.78, 5) is 26.0. The normalized spacial score (nSPS) is 15.0. The Morgan fingerprint density at radius 3 is 1.46 bits per heavy atom. The SMILES string of the molecule is CCCCCCCCCCCCC(C(=O)CCCCCCCCCCC)C(=O)C(O)(P)C(O)CO. The van der Waals surface area contributed by atoms with E-state index < -0.39 is 29.8 Å². The first kappa shape index (κ1) is 34.6. The average molecular weight is 517 g/mol. The zero-order valence-electron chi connectivity index (χ0n) is 22.9. The van der Waals surface area contributed by atoms with E-state index in [-0.39, 0.29) is 5.78 Å². The van der Waals surface area contributed by atoms with Gasteiger partial charge in [-0.3, -0.25) is 9.59 Å². The molecule has 0 heterocycles. The monoisotopic (exact) mass is 516 g/mol. The van der Waals surface area contributed by atoms with Crippen molar-refractivity contribution in [3.63, 3.8) is 0 Å². The molecule has 3 N–H and O–H groups in total. The molecule has 0 aromatic heterocycles. The lowest BCUT2D eigenvalue weighted by Crippen LogP contribution is -2.50. The first-order chi connectivity index (χ1) is 16.8. The van der Waals surface area contributed by atoms with Gasteiger partial charge in [-0.1, -0.05) is 139 Å². The number of hydrogen-bond donors (Lipinski definition) is 3. The lowest BCUT2D eigenvalue weighted by Gasteiger charge is -2.29. The Morgan fingerprint density at radius 1 is 0.686 bits per heavy atom. The molecular formula is C29H57O5P. The number of Topliss-reactive ketones (excluding diaryl/α,β-unsaturated/α-hetero) is 2. The zero-order valence-corrected chi connectivity index (χ0v) is 24.1. The Hall–Kier alpha value is -0.350. The van der Waals surface area contributed by atoms with Crippen LogP contribution in [-0.2, 0) is 9.59 Å². The van der Waals surface area contributed by atoms with Crippen molar-refractivity contribution < 1.29 is 24.9 Å². The topological polar surface area (TPSA) is 94.8 Å². The molecule has 0 radical (unpaired) electrons. The van der Waals surface area contributed by atoms with E-state index in [4.69, 9.17) is 0 Å². The van der Waals surface area contributed by atoms with Crippen LogP contribution in [-0.4, -0.2) is 44.9 Å². The van der Waals surface area contributed by atoms with Crippen molar-refractivity contribution >= 4 is 20.8 Å². The minimum atomic E-state index is -2.19. The van der Waals surface area contributed by atoms with Crippen LogP contribution in [0, 0.1) is 5.92 Å². The second kappa shape index (κ2) is 22.8. The first-order valence-electron chi connectivity index (χ1n) is 14.7. The highest BCUT2D eigenvalue weighted by molar-refractivity contribution is 7.20. The van der Waals surface area contributed by atoms with Gasteiger partial charge in [0, 0.05) is 6.42 Å². The van der Waals surface area contributed by atoms with Gasteiger partial charge in [0.1, 0.15) is 11.9 Å². The second-order valence-corrected chi connectivity index (χ2v) is 11.3. The lowest BCUT2D eigenvalue weighted by molar-refractivity contribution is -0.147. The number of aliphatic hydroxyl groups is 3. The summed E-state index contributed by atoms with van der Waals surface area (Å²) in [5.41, 5.74) is 0. The first-order valence-corrected chi connectivity index (χ1v) is 15.3. The van der Waals surface area contributed by atoms with E-state index in [0.717, 1.165) is 38.5 Å². The molecule has 0 saturated heterocycles. The summed E-state index contributed by atoms with van der Waals surface area (Å²) in [5, 5.41) is 27.5. The maximum atomic E-state index is 13.0. The molecule has 0 aliphatic heterocycles. The molecule has 0 aromatic carbocycles. The van der Waals surface area contributed by atoms with Gasteiger partial charge in [0.2, 0.25) is 0 Å². The summed E-state index contributed by atoms with van der Waals surface area (Å²) in [6.45, 7) is 3.71. The molecule has 0 rings (SSSR count). The van der Waals surface area contributed by atoms with Gasteiger partial charge in [0.25, 0.3) is 0 Å². The molecule has 5 nitrogen and oxygen atoms in total. The smallest absolute Gasteiger partial charge is 0.181 e. The average Bonchev–Trinajstić information content (AvgIpc) is 2.85. The maximum Gasteiger partial charge on any atom is 0.181 e. The highest BCUT2D eigenvalue weighted by Crippen LogP contribution is 2.29. The molecule has 0 saturated carbocycles. The standard InChI is InChI=1S/C29H57O5P/c1-3-5-7-9-11-13-15-16-18-20-22-25(28(33)29(34,35)27(32)24-30)26(31)23-21-19-17-14-12-10-8-6-4-2/h25,27,30,32,34H,3-24,35H2,1-2H3. The number of hydrogen-bond acceptors (Lipinski definition) is 5. The highest BCUT2D eigenvalue weighted by Gasteiger charge is 2.43. The molecule has 0 aromatic rings. The fourth-order valence-corrected chi connectivity index (χ4v) is 4.95. The van der Waals surface area contributed by atoms with Crippen molar-refractivity contribution in [2.24, 2.45) is 5.92 Å². The van der Waals surface area contributed by atoms with Crippen LogP contribution in [0.25, 0.3) is 0 Å². The van der Waals surface area contributed by atoms with Gasteiger partial charge in [-0.2, -0.15) is 0 Å². The van der Waals surface area contributed by atoms with Crippen LogP contribution in [0.3, 0.4) is 0 Å². The molecule has 35 heavy (non-hydrogen) atoms. The molecule has 0 aliphatic rings. The summed E-state index contributed by atoms with van der Waals surface area (Å²) >= 11 is 0. The summed E-state index contributed by atoms with van der Waals surface area (Å²) in [5.74, 6) is -1.73. The fraction of sp³-hybridized carbons (Fsp3) is 0.931. The Balaban J connectivity index is 4.47. The van der Waals surface area contributed by atoms with Crippen molar-refractivity contribution in [1.82, 2.24) is 0 Å². The Bertz CT molecular complexity index is 523. The molecule has 4 atom stereocenters. The van der Waals surface area contributed by atoms with E-state index in [0.29, 0.717) is 12.8 Å². The predicted molar refractivity (Wildman–Crippen MR) is 150 cm³/mol. The van der Waals surface area contributed by atoms with Crippen LogP contribution in [0.5, 0.6) is 0 Å². The van der Waals surface area contributed by atoms with Gasteiger partial charge in [-0.25, -0.2) is 0 Å². The van der Waals surface area contributed by atoms with E-state index in [1.807, 2.05) is 9.24 Å². The molecule has 208 valence electrons. The Kier molecular flexibility index (Phi) is 22.6. The molecule has 0 spiro atoms. The molecular weight excluding hydrogens is 459 g/mol. The summed E-state index contributed by atoms with van der Waals surface area (Å²) in [6.07, 6.45) is 21.2. The van der Waals surface area contributed by atoms with Gasteiger partial charge in [-0.05, 0) is 12.8 Å². The Morgan fingerprint density at radius 2 is 1.06 bits per heavy atom. The summed E-state index contributed by atoms with van der Waals surface area (Å²) in [7, 11) is 1.96. The lowest BCUT2D eigenvalue weighted by atomic mass is 9.85. The van der Waals surface area contributed by atoms with Gasteiger partial charge >= 0.3 is 0 Å². The summed E-state index contributed by atoms with van der Waals surface area (Å²) < 4.78 is 0. The number of carbonyl (C=O) groups excluding carboxylic acids is 2. The van der Waals surface area contributed by atoms with Gasteiger partial charge in [0.05, 0.1) is 12.5 Å². The fourth-order valence-electron chi connectivity index (χ4n) is 4.64.